The van der Waals surface area contributed by atoms with Gasteiger partial charge in [0.05, 0.1) is 0 Å². The highest BCUT2D eigenvalue weighted by Crippen LogP contribution is 2.17. The van der Waals surface area contributed by atoms with Crippen molar-refractivity contribution in [2.75, 3.05) is 6.54 Å². The summed E-state index contributed by atoms with van der Waals surface area (Å²) in [7, 11) is 0. The number of pyridine rings is 1. The average molecular weight is 256 g/mol. The lowest BCUT2D eigenvalue weighted by molar-refractivity contribution is 0.496. The third-order valence-corrected chi connectivity index (χ3v) is 3.09. The number of aromatic nitrogens is 3. The zero-order chi connectivity index (χ0) is 13.3. The Kier molecular flexibility index (Phi) is 5.44. The van der Waals surface area contributed by atoms with Gasteiger partial charge in [0.15, 0.2) is 0 Å². The molecule has 0 fully saturated rings. The second-order valence-electron chi connectivity index (χ2n) is 4.57. The zero-order valence-electron chi connectivity index (χ0n) is 11.3. The van der Waals surface area contributed by atoms with Crippen LogP contribution in [0.1, 0.15) is 36.9 Å². The van der Waals surface area contributed by atoms with E-state index >= 15 is 0 Å². The van der Waals surface area contributed by atoms with Gasteiger partial charge >= 0.3 is 0 Å². The molecule has 2 rings (SSSR count). The molecule has 0 aliphatic rings. The molecule has 4 nitrogen and oxygen atoms in total. The normalized spacial score (nSPS) is 12.3. The molecule has 4 heteroatoms. The van der Waals surface area contributed by atoms with Gasteiger partial charge in [-0.1, -0.05) is 6.92 Å². The fourth-order valence-corrected chi connectivity index (χ4v) is 2.06. The first-order valence-electron chi connectivity index (χ1n) is 6.77. The van der Waals surface area contributed by atoms with E-state index in [0.29, 0.717) is 6.04 Å². The first-order chi connectivity index (χ1) is 9.40. The Morgan fingerprint density at radius 2 is 1.84 bits per heavy atom. The van der Waals surface area contributed by atoms with Gasteiger partial charge in [0, 0.05) is 36.4 Å². The smallest absolute Gasteiger partial charge is 0.115 e. The van der Waals surface area contributed by atoms with Crippen LogP contribution in [0.4, 0.5) is 0 Å². The molecule has 0 amide bonds. The summed E-state index contributed by atoms with van der Waals surface area (Å²) in [6.07, 6.45) is 12.2. The van der Waals surface area contributed by atoms with Crippen molar-refractivity contribution in [3.05, 3.63) is 54.4 Å². The van der Waals surface area contributed by atoms with Crippen molar-refractivity contribution in [2.24, 2.45) is 0 Å². The Morgan fingerprint density at radius 3 is 2.53 bits per heavy atom. The third kappa shape index (κ3) is 4.41. The highest BCUT2D eigenvalue weighted by molar-refractivity contribution is 5.13. The SMILES string of the molecule is CCCNC(CCc1ccncc1)c1cncnc1. The minimum absolute atomic E-state index is 0.314. The number of rotatable bonds is 7. The van der Waals surface area contributed by atoms with Gasteiger partial charge in [-0.3, -0.25) is 4.98 Å². The molecule has 1 N–H and O–H groups in total. The first kappa shape index (κ1) is 13.6. The quantitative estimate of drug-likeness (QED) is 0.827. The minimum atomic E-state index is 0.314. The minimum Gasteiger partial charge on any atom is -0.310 e. The Balaban J connectivity index is 1.98. The largest absolute Gasteiger partial charge is 0.310 e. The highest BCUT2D eigenvalue weighted by Gasteiger charge is 2.11. The van der Waals surface area contributed by atoms with E-state index in [4.69, 9.17) is 0 Å². The summed E-state index contributed by atoms with van der Waals surface area (Å²) in [4.78, 5) is 12.3. The fraction of sp³-hybridized carbons (Fsp3) is 0.400. The molecule has 0 aliphatic heterocycles. The van der Waals surface area contributed by atoms with Crippen LogP contribution in [0.25, 0.3) is 0 Å². The van der Waals surface area contributed by atoms with E-state index in [-0.39, 0.29) is 0 Å². The summed E-state index contributed by atoms with van der Waals surface area (Å²) in [5.74, 6) is 0. The molecule has 0 aromatic carbocycles. The fourth-order valence-electron chi connectivity index (χ4n) is 2.06. The monoisotopic (exact) mass is 256 g/mol. The standard InChI is InChI=1S/C15H20N4/c1-2-7-19-15(14-10-17-12-18-11-14)4-3-13-5-8-16-9-6-13/h5-6,8-12,15,19H,2-4,7H2,1H3. The maximum atomic E-state index is 4.11. The molecule has 0 saturated carbocycles. The molecular formula is C15H20N4. The van der Waals surface area contributed by atoms with Crippen LogP contribution in [0.3, 0.4) is 0 Å². The van der Waals surface area contributed by atoms with E-state index in [1.807, 2.05) is 24.8 Å². The lowest BCUT2D eigenvalue weighted by Crippen LogP contribution is -2.23. The van der Waals surface area contributed by atoms with Crippen LogP contribution in [0.5, 0.6) is 0 Å². The molecule has 2 aromatic heterocycles. The summed E-state index contributed by atoms with van der Waals surface area (Å²) in [6.45, 7) is 3.18. The number of nitrogens with one attached hydrogen (secondary N) is 1. The maximum Gasteiger partial charge on any atom is 0.115 e. The van der Waals surface area contributed by atoms with Crippen molar-refractivity contribution in [3.8, 4) is 0 Å². The lowest BCUT2D eigenvalue weighted by Gasteiger charge is -2.18. The van der Waals surface area contributed by atoms with Crippen LogP contribution in [0, 0.1) is 0 Å². The van der Waals surface area contributed by atoms with Gasteiger partial charge in [-0.2, -0.15) is 0 Å². The van der Waals surface area contributed by atoms with Gasteiger partial charge < -0.3 is 5.32 Å². The van der Waals surface area contributed by atoms with Crippen LogP contribution >= 0.6 is 0 Å². The zero-order valence-corrected chi connectivity index (χ0v) is 11.3. The van der Waals surface area contributed by atoms with Crippen molar-refractivity contribution in [1.82, 2.24) is 20.3 Å². The van der Waals surface area contributed by atoms with E-state index in [1.54, 1.807) is 6.33 Å². The van der Waals surface area contributed by atoms with E-state index in [1.165, 1.54) is 5.56 Å². The Morgan fingerprint density at radius 1 is 1.11 bits per heavy atom. The number of hydrogen-bond acceptors (Lipinski definition) is 4. The molecule has 2 heterocycles. The van der Waals surface area contributed by atoms with Crippen LogP contribution in [0.15, 0.2) is 43.2 Å². The molecular weight excluding hydrogens is 236 g/mol. The molecule has 1 unspecified atom stereocenters. The van der Waals surface area contributed by atoms with Crippen LogP contribution in [-0.2, 0) is 6.42 Å². The second-order valence-corrected chi connectivity index (χ2v) is 4.57. The lowest BCUT2D eigenvalue weighted by atomic mass is 10.0. The van der Waals surface area contributed by atoms with E-state index in [0.717, 1.165) is 31.4 Å². The molecule has 19 heavy (non-hydrogen) atoms. The topological polar surface area (TPSA) is 50.7 Å². The van der Waals surface area contributed by atoms with Gasteiger partial charge in [0.1, 0.15) is 6.33 Å². The van der Waals surface area contributed by atoms with Gasteiger partial charge in [-0.05, 0) is 43.5 Å². The van der Waals surface area contributed by atoms with Crippen molar-refractivity contribution in [3.63, 3.8) is 0 Å². The summed E-state index contributed by atoms with van der Waals surface area (Å²) < 4.78 is 0. The van der Waals surface area contributed by atoms with Gasteiger partial charge in [-0.15, -0.1) is 0 Å². The average Bonchev–Trinajstić information content (AvgIpc) is 2.49. The summed E-state index contributed by atoms with van der Waals surface area (Å²) in [5, 5.41) is 3.56. The van der Waals surface area contributed by atoms with Gasteiger partial charge in [0.25, 0.3) is 0 Å². The van der Waals surface area contributed by atoms with Crippen LogP contribution < -0.4 is 5.32 Å². The maximum absolute atomic E-state index is 4.11. The van der Waals surface area contributed by atoms with E-state index in [2.05, 4.69) is 39.3 Å². The molecule has 0 bridgehead atoms. The number of aryl methyl sites for hydroxylation is 1. The molecule has 0 radical (unpaired) electrons. The Hall–Kier alpha value is -1.81. The first-order valence-corrected chi connectivity index (χ1v) is 6.77. The van der Waals surface area contributed by atoms with E-state index in [9.17, 15) is 0 Å². The van der Waals surface area contributed by atoms with Gasteiger partial charge in [0.2, 0.25) is 0 Å². The summed E-state index contributed by atoms with van der Waals surface area (Å²) in [5.41, 5.74) is 2.47. The van der Waals surface area contributed by atoms with Crippen molar-refractivity contribution in [2.45, 2.75) is 32.2 Å². The van der Waals surface area contributed by atoms with Crippen molar-refractivity contribution < 1.29 is 0 Å². The molecule has 2 aromatic rings. The summed E-state index contributed by atoms with van der Waals surface area (Å²) >= 11 is 0. The Bertz CT molecular complexity index is 458. The van der Waals surface area contributed by atoms with Crippen LogP contribution in [-0.4, -0.2) is 21.5 Å². The highest BCUT2D eigenvalue weighted by atomic mass is 14.9. The molecule has 0 spiro atoms. The van der Waals surface area contributed by atoms with Crippen LogP contribution in [0.2, 0.25) is 0 Å². The van der Waals surface area contributed by atoms with Gasteiger partial charge in [-0.25, -0.2) is 9.97 Å². The summed E-state index contributed by atoms with van der Waals surface area (Å²) in [6, 6.07) is 4.45. The molecule has 100 valence electrons. The second kappa shape index (κ2) is 7.59. The third-order valence-electron chi connectivity index (χ3n) is 3.09. The predicted molar refractivity (Wildman–Crippen MR) is 75.6 cm³/mol. The predicted octanol–water partition coefficient (Wildman–Crippen LogP) is 2.55. The van der Waals surface area contributed by atoms with Crippen molar-refractivity contribution >= 4 is 0 Å². The van der Waals surface area contributed by atoms with Crippen molar-refractivity contribution in [1.29, 1.82) is 0 Å². The molecule has 1 atom stereocenters. The Labute approximate surface area is 114 Å². The van der Waals surface area contributed by atoms with E-state index < -0.39 is 0 Å². The molecule has 0 saturated heterocycles. The number of hydrogen-bond donors (Lipinski definition) is 1. The molecule has 0 aliphatic carbocycles. The number of nitrogens with zero attached hydrogens (tertiary/aromatic N) is 3.